The summed E-state index contributed by atoms with van der Waals surface area (Å²) in [7, 11) is 4.09. The number of rotatable bonds is 9. The van der Waals surface area contributed by atoms with Gasteiger partial charge in [0, 0.05) is 42.7 Å². The first-order valence-electron chi connectivity index (χ1n) is 9.48. The Hall–Kier alpha value is -2.28. The van der Waals surface area contributed by atoms with E-state index in [-0.39, 0.29) is 11.8 Å². The average Bonchev–Trinajstić information content (AvgIpc) is 2.66. The fourth-order valence-corrected chi connectivity index (χ4v) is 3.61. The van der Waals surface area contributed by atoms with Crippen molar-refractivity contribution < 1.29 is 9.59 Å². The summed E-state index contributed by atoms with van der Waals surface area (Å²) in [4.78, 5) is 31.5. The molecular formula is C21H28N4O2. The minimum atomic E-state index is -0.194. The maximum absolute atomic E-state index is 12.9. The smallest absolute Gasteiger partial charge is 0.261 e. The maximum atomic E-state index is 12.9. The lowest BCUT2D eigenvalue weighted by Crippen LogP contribution is -2.44. The molecule has 0 aromatic heterocycles. The van der Waals surface area contributed by atoms with E-state index in [0.717, 1.165) is 36.8 Å². The third kappa shape index (κ3) is 4.18. The number of carbonyl (C=O) groups excluding carboxylic acids is 2. The third-order valence-corrected chi connectivity index (χ3v) is 5.15. The number of hydrogen-bond donors (Lipinski definition) is 1. The molecule has 2 aromatic carbocycles. The van der Waals surface area contributed by atoms with Crippen LogP contribution in [-0.2, 0) is 0 Å². The lowest BCUT2D eigenvalue weighted by atomic mass is 9.94. The molecule has 0 spiro atoms. The predicted molar refractivity (Wildman–Crippen MR) is 108 cm³/mol. The first kappa shape index (κ1) is 19.5. The first-order chi connectivity index (χ1) is 13.0. The predicted octanol–water partition coefficient (Wildman–Crippen LogP) is 1.65. The van der Waals surface area contributed by atoms with Gasteiger partial charge in [0.05, 0.1) is 0 Å². The fraction of sp³-hybridized carbons (Fsp3) is 0.429. The first-order valence-corrected chi connectivity index (χ1v) is 9.48. The molecule has 0 bridgehead atoms. The number of nitrogens with two attached hydrogens (primary N) is 1. The van der Waals surface area contributed by atoms with Gasteiger partial charge in [0.25, 0.3) is 11.8 Å². The Morgan fingerprint density at radius 3 is 1.96 bits per heavy atom. The van der Waals surface area contributed by atoms with Crippen molar-refractivity contribution in [3.8, 4) is 0 Å². The second kappa shape index (κ2) is 8.61. The normalized spacial score (nSPS) is 14.0. The molecule has 2 amide bonds. The van der Waals surface area contributed by atoms with Crippen LogP contribution in [0.25, 0.3) is 10.8 Å². The van der Waals surface area contributed by atoms with Gasteiger partial charge >= 0.3 is 0 Å². The number of carbonyl (C=O) groups is 2. The van der Waals surface area contributed by atoms with Gasteiger partial charge in [-0.2, -0.15) is 0 Å². The van der Waals surface area contributed by atoms with Crippen LogP contribution in [-0.4, -0.2) is 79.9 Å². The number of likely N-dealkylation sites (N-methyl/N-ethyl adjacent to an activating group) is 2. The summed E-state index contributed by atoms with van der Waals surface area (Å²) in [6.45, 7) is 4.52. The molecule has 1 aliphatic rings. The minimum Gasteiger partial charge on any atom is -0.329 e. The molecule has 6 nitrogen and oxygen atoms in total. The second-order valence-electron chi connectivity index (χ2n) is 7.22. The van der Waals surface area contributed by atoms with Crippen LogP contribution in [0.2, 0.25) is 0 Å². The minimum absolute atomic E-state index is 0.194. The molecule has 0 atom stereocenters. The second-order valence-corrected chi connectivity index (χ2v) is 7.22. The van der Waals surface area contributed by atoms with Gasteiger partial charge in [-0.3, -0.25) is 14.5 Å². The van der Waals surface area contributed by atoms with Gasteiger partial charge in [-0.05, 0) is 51.1 Å². The lowest BCUT2D eigenvalue weighted by Gasteiger charge is -2.29. The topological polar surface area (TPSA) is 69.9 Å². The van der Waals surface area contributed by atoms with E-state index >= 15 is 0 Å². The Balaban J connectivity index is 1.62. The van der Waals surface area contributed by atoms with Crippen molar-refractivity contribution in [1.29, 1.82) is 0 Å². The van der Waals surface area contributed by atoms with Crippen LogP contribution in [0.5, 0.6) is 0 Å². The van der Waals surface area contributed by atoms with Crippen molar-refractivity contribution >= 4 is 22.6 Å². The molecular weight excluding hydrogens is 340 g/mol. The summed E-state index contributed by atoms with van der Waals surface area (Å²) >= 11 is 0. The Morgan fingerprint density at radius 2 is 1.41 bits per heavy atom. The number of hydrogen-bond acceptors (Lipinski definition) is 5. The molecule has 27 heavy (non-hydrogen) atoms. The van der Waals surface area contributed by atoms with E-state index in [4.69, 9.17) is 5.73 Å². The van der Waals surface area contributed by atoms with Crippen molar-refractivity contribution in [2.24, 2.45) is 5.73 Å². The zero-order chi connectivity index (χ0) is 19.4. The van der Waals surface area contributed by atoms with Crippen LogP contribution >= 0.6 is 0 Å². The van der Waals surface area contributed by atoms with E-state index in [1.807, 2.05) is 43.4 Å². The molecule has 1 aliphatic heterocycles. The van der Waals surface area contributed by atoms with Crippen molar-refractivity contribution in [2.75, 3.05) is 53.4 Å². The number of nitrogens with zero attached hydrogens (tertiary/aromatic N) is 3. The molecule has 0 saturated carbocycles. The van der Waals surface area contributed by atoms with Gasteiger partial charge in [0.15, 0.2) is 0 Å². The van der Waals surface area contributed by atoms with Crippen molar-refractivity contribution in [3.05, 3.63) is 47.5 Å². The van der Waals surface area contributed by atoms with Gasteiger partial charge in [-0.25, -0.2) is 0 Å². The van der Waals surface area contributed by atoms with E-state index in [2.05, 4.69) is 16.8 Å². The average molecular weight is 368 g/mol. The lowest BCUT2D eigenvalue weighted by molar-refractivity contribution is 0.0597. The molecule has 0 saturated heterocycles. The van der Waals surface area contributed by atoms with E-state index in [0.29, 0.717) is 30.8 Å². The summed E-state index contributed by atoms with van der Waals surface area (Å²) < 4.78 is 0. The van der Waals surface area contributed by atoms with Gasteiger partial charge in [-0.15, -0.1) is 0 Å². The zero-order valence-corrected chi connectivity index (χ0v) is 16.1. The van der Waals surface area contributed by atoms with Gasteiger partial charge in [0.1, 0.15) is 0 Å². The molecule has 3 rings (SSSR count). The third-order valence-electron chi connectivity index (χ3n) is 5.15. The van der Waals surface area contributed by atoms with Gasteiger partial charge in [0.2, 0.25) is 0 Å². The SMILES string of the molecule is CN(CCN)CCCN(C)CCN1C(=O)c2cccc3cccc(c23)C1=O. The van der Waals surface area contributed by atoms with E-state index in [9.17, 15) is 9.59 Å². The largest absolute Gasteiger partial charge is 0.329 e. The van der Waals surface area contributed by atoms with Crippen molar-refractivity contribution in [2.45, 2.75) is 6.42 Å². The molecule has 0 radical (unpaired) electrons. The molecule has 0 unspecified atom stereocenters. The highest BCUT2D eigenvalue weighted by Gasteiger charge is 2.32. The van der Waals surface area contributed by atoms with Crippen LogP contribution < -0.4 is 5.73 Å². The highest BCUT2D eigenvalue weighted by Crippen LogP contribution is 2.29. The summed E-state index contributed by atoms with van der Waals surface area (Å²) in [5.74, 6) is -0.388. The fourth-order valence-electron chi connectivity index (χ4n) is 3.61. The Morgan fingerprint density at radius 1 is 0.852 bits per heavy atom. The van der Waals surface area contributed by atoms with Crippen LogP contribution in [0.4, 0.5) is 0 Å². The van der Waals surface area contributed by atoms with E-state index < -0.39 is 0 Å². The summed E-state index contributed by atoms with van der Waals surface area (Å²) in [6.07, 6.45) is 1.02. The maximum Gasteiger partial charge on any atom is 0.261 e. The highest BCUT2D eigenvalue weighted by atomic mass is 16.2. The summed E-state index contributed by atoms with van der Waals surface area (Å²) in [6, 6.07) is 11.2. The van der Waals surface area contributed by atoms with Crippen molar-refractivity contribution in [1.82, 2.24) is 14.7 Å². The van der Waals surface area contributed by atoms with Gasteiger partial charge < -0.3 is 15.5 Å². The van der Waals surface area contributed by atoms with Crippen molar-refractivity contribution in [3.63, 3.8) is 0 Å². The van der Waals surface area contributed by atoms with Gasteiger partial charge in [-0.1, -0.05) is 24.3 Å². The number of benzene rings is 2. The molecule has 2 N–H and O–H groups in total. The Labute approximate surface area is 160 Å². The standard InChI is InChI=1S/C21H28N4O2/c1-23(13-10-22)11-5-12-24(2)14-15-25-20(26)17-8-3-6-16-7-4-9-18(19(16)17)21(25)27/h3-4,6-9H,5,10-15,22H2,1-2H3. The van der Waals surface area contributed by atoms with E-state index in [1.54, 1.807) is 0 Å². The molecule has 144 valence electrons. The molecule has 1 heterocycles. The van der Waals surface area contributed by atoms with Crippen LogP contribution in [0, 0.1) is 0 Å². The highest BCUT2D eigenvalue weighted by molar-refractivity contribution is 6.25. The number of imide groups is 1. The number of amides is 2. The molecule has 6 heteroatoms. The summed E-state index contributed by atoms with van der Waals surface area (Å²) in [5.41, 5.74) is 6.80. The van der Waals surface area contributed by atoms with E-state index in [1.165, 1.54) is 4.90 Å². The zero-order valence-electron chi connectivity index (χ0n) is 16.1. The Bertz CT molecular complexity index is 785. The van der Waals surface area contributed by atoms with Crippen LogP contribution in [0.15, 0.2) is 36.4 Å². The molecule has 0 aliphatic carbocycles. The Kier molecular flexibility index (Phi) is 6.21. The molecule has 2 aromatic rings. The quantitative estimate of drug-likeness (QED) is 0.682. The van der Waals surface area contributed by atoms with Crippen LogP contribution in [0.1, 0.15) is 27.1 Å². The molecule has 0 fully saturated rings. The van der Waals surface area contributed by atoms with Crippen LogP contribution in [0.3, 0.4) is 0 Å². The monoisotopic (exact) mass is 368 g/mol. The summed E-state index contributed by atoms with van der Waals surface area (Å²) in [5, 5.41) is 1.72.